The quantitative estimate of drug-likeness (QED) is 0.230. The highest BCUT2D eigenvalue weighted by atomic mass is 32.2. The number of benzene rings is 2. The SMILES string of the molecule is COc1ccc(NC(=O)C(c2ccc(O)cc2)N(C(=O)C(CCSC)NC(=O)OC(C)(C)C)C(C)CCC(C)C)cc1. The van der Waals surface area contributed by atoms with Crippen LogP contribution in [0.25, 0.3) is 0 Å². The molecule has 2 aromatic rings. The molecule has 3 amide bonds. The highest BCUT2D eigenvalue weighted by molar-refractivity contribution is 7.98. The van der Waals surface area contributed by atoms with Crippen molar-refractivity contribution in [2.75, 3.05) is 24.4 Å². The zero-order valence-corrected chi connectivity index (χ0v) is 26.9. The fourth-order valence-electron chi connectivity index (χ4n) is 4.42. The number of aromatic hydroxyl groups is 1. The summed E-state index contributed by atoms with van der Waals surface area (Å²) in [7, 11) is 1.56. The smallest absolute Gasteiger partial charge is 0.408 e. The molecule has 0 bridgehead atoms. The maximum Gasteiger partial charge on any atom is 0.408 e. The fourth-order valence-corrected chi connectivity index (χ4v) is 4.89. The van der Waals surface area contributed by atoms with Crippen LogP contribution in [0.1, 0.15) is 72.4 Å². The molecule has 232 valence electrons. The van der Waals surface area contributed by atoms with Gasteiger partial charge in [0.05, 0.1) is 7.11 Å². The average Bonchev–Trinajstić information content (AvgIpc) is 2.92. The van der Waals surface area contributed by atoms with E-state index in [0.717, 1.165) is 6.42 Å². The van der Waals surface area contributed by atoms with Gasteiger partial charge < -0.3 is 30.1 Å². The molecular weight excluding hydrogens is 554 g/mol. The van der Waals surface area contributed by atoms with Crippen LogP contribution < -0.4 is 15.4 Å². The molecule has 0 spiro atoms. The van der Waals surface area contributed by atoms with Crippen LogP contribution in [0, 0.1) is 5.92 Å². The summed E-state index contributed by atoms with van der Waals surface area (Å²) < 4.78 is 10.7. The van der Waals surface area contributed by atoms with Gasteiger partial charge in [0.2, 0.25) is 5.91 Å². The number of methoxy groups -OCH3 is 1. The third-order valence-electron chi connectivity index (χ3n) is 6.58. The number of alkyl carbamates (subject to hydrolysis) is 1. The minimum Gasteiger partial charge on any atom is -0.508 e. The number of hydrogen-bond donors (Lipinski definition) is 3. The molecule has 0 saturated carbocycles. The van der Waals surface area contributed by atoms with Crippen LogP contribution in [0.4, 0.5) is 10.5 Å². The van der Waals surface area contributed by atoms with Crippen LogP contribution in [-0.2, 0) is 14.3 Å². The van der Waals surface area contributed by atoms with E-state index in [1.165, 1.54) is 12.1 Å². The Balaban J connectivity index is 2.59. The number of ether oxygens (including phenoxy) is 2. The van der Waals surface area contributed by atoms with Gasteiger partial charge in [-0.05, 0) is 107 Å². The highest BCUT2D eigenvalue weighted by Gasteiger charge is 2.39. The molecule has 42 heavy (non-hydrogen) atoms. The maximum atomic E-state index is 14.5. The lowest BCUT2D eigenvalue weighted by Gasteiger charge is -2.39. The lowest BCUT2D eigenvalue weighted by Crippen LogP contribution is -2.55. The Bertz CT molecular complexity index is 1150. The number of thioether (sulfide) groups is 1. The van der Waals surface area contributed by atoms with Crippen LogP contribution >= 0.6 is 11.8 Å². The summed E-state index contributed by atoms with van der Waals surface area (Å²) in [5, 5.41) is 15.7. The van der Waals surface area contributed by atoms with E-state index in [2.05, 4.69) is 24.5 Å². The standard InChI is InChI=1S/C32H47N3O6S/c1-21(2)9-10-22(3)35(30(38)27(19-20-42-8)34-31(39)41-32(4,5)6)28(23-11-15-25(36)16-12-23)29(37)33-24-13-17-26(40-7)18-14-24/h11-18,21-22,27-28,36H,9-10,19-20H2,1-8H3,(H,33,37)(H,34,39). The first kappa shape index (κ1) is 34.8. The van der Waals surface area contributed by atoms with Gasteiger partial charge in [0.25, 0.3) is 5.91 Å². The predicted octanol–water partition coefficient (Wildman–Crippen LogP) is 6.38. The Kier molecular flexibility index (Phi) is 13.5. The highest BCUT2D eigenvalue weighted by Crippen LogP contribution is 2.30. The average molecular weight is 602 g/mol. The van der Waals surface area contributed by atoms with Gasteiger partial charge in [-0.25, -0.2) is 4.79 Å². The summed E-state index contributed by atoms with van der Waals surface area (Å²) in [6, 6.07) is 10.9. The van der Waals surface area contributed by atoms with E-state index in [-0.39, 0.29) is 17.7 Å². The first-order valence-electron chi connectivity index (χ1n) is 14.3. The lowest BCUT2D eigenvalue weighted by atomic mass is 9.96. The number of carbonyl (C=O) groups excluding carboxylic acids is 3. The van der Waals surface area contributed by atoms with E-state index in [1.807, 2.05) is 13.2 Å². The maximum absolute atomic E-state index is 14.5. The second kappa shape index (κ2) is 16.3. The van der Waals surface area contributed by atoms with E-state index in [0.29, 0.717) is 41.5 Å². The summed E-state index contributed by atoms with van der Waals surface area (Å²) in [6.07, 6.45) is 3.08. The summed E-state index contributed by atoms with van der Waals surface area (Å²) in [6.45, 7) is 11.4. The minimum absolute atomic E-state index is 0.0447. The van der Waals surface area contributed by atoms with E-state index in [9.17, 15) is 19.5 Å². The molecule has 0 aliphatic heterocycles. The Morgan fingerprint density at radius 1 is 0.952 bits per heavy atom. The van der Waals surface area contributed by atoms with Crippen molar-refractivity contribution in [3.8, 4) is 11.5 Å². The normalized spacial score (nSPS) is 13.5. The molecule has 0 aromatic heterocycles. The van der Waals surface area contributed by atoms with Gasteiger partial charge >= 0.3 is 6.09 Å². The summed E-state index contributed by atoms with van der Waals surface area (Å²) in [5.41, 5.74) is 0.330. The molecule has 2 rings (SSSR count). The number of phenolic OH excluding ortho intramolecular Hbond substituents is 1. The van der Waals surface area contributed by atoms with Crippen LogP contribution in [0.2, 0.25) is 0 Å². The van der Waals surface area contributed by atoms with Gasteiger partial charge in [0.15, 0.2) is 0 Å². The van der Waals surface area contributed by atoms with Crippen LogP contribution in [0.15, 0.2) is 48.5 Å². The van der Waals surface area contributed by atoms with Gasteiger partial charge in [-0.3, -0.25) is 9.59 Å². The van der Waals surface area contributed by atoms with Crippen molar-refractivity contribution in [3.05, 3.63) is 54.1 Å². The Morgan fingerprint density at radius 3 is 2.10 bits per heavy atom. The van der Waals surface area contributed by atoms with Crippen molar-refractivity contribution >= 4 is 35.4 Å². The molecule has 0 aliphatic carbocycles. The topological polar surface area (TPSA) is 117 Å². The molecule has 0 radical (unpaired) electrons. The summed E-state index contributed by atoms with van der Waals surface area (Å²) >= 11 is 1.56. The van der Waals surface area contributed by atoms with Gasteiger partial charge in [-0.2, -0.15) is 11.8 Å². The number of nitrogens with zero attached hydrogens (tertiary/aromatic N) is 1. The number of nitrogens with one attached hydrogen (secondary N) is 2. The minimum atomic E-state index is -1.04. The molecule has 3 unspecified atom stereocenters. The molecular formula is C32H47N3O6S. The number of hydrogen-bond acceptors (Lipinski definition) is 7. The lowest BCUT2D eigenvalue weighted by molar-refractivity contribution is -0.143. The van der Waals surface area contributed by atoms with E-state index < -0.39 is 29.7 Å². The molecule has 9 nitrogen and oxygen atoms in total. The Hall–Kier alpha value is -3.40. The number of anilines is 1. The molecule has 0 fully saturated rings. The van der Waals surface area contributed by atoms with Crippen molar-refractivity contribution < 1.29 is 29.0 Å². The molecule has 10 heteroatoms. The number of phenols is 1. The molecule has 0 heterocycles. The first-order chi connectivity index (χ1) is 19.7. The van der Waals surface area contributed by atoms with Gasteiger partial charge in [-0.1, -0.05) is 26.0 Å². The van der Waals surface area contributed by atoms with E-state index in [1.54, 1.807) is 80.9 Å². The second-order valence-electron chi connectivity index (χ2n) is 11.8. The van der Waals surface area contributed by atoms with Crippen molar-refractivity contribution in [2.24, 2.45) is 5.92 Å². The number of amides is 3. The van der Waals surface area contributed by atoms with Crippen molar-refractivity contribution in [1.29, 1.82) is 0 Å². The van der Waals surface area contributed by atoms with Crippen LogP contribution in [-0.4, -0.2) is 64.7 Å². The monoisotopic (exact) mass is 601 g/mol. The predicted molar refractivity (Wildman–Crippen MR) is 169 cm³/mol. The van der Waals surface area contributed by atoms with Crippen LogP contribution in [0.3, 0.4) is 0 Å². The zero-order chi connectivity index (χ0) is 31.4. The molecule has 0 aliphatic rings. The third kappa shape index (κ3) is 11.1. The Morgan fingerprint density at radius 2 is 1.57 bits per heavy atom. The molecule has 2 aromatic carbocycles. The van der Waals surface area contributed by atoms with Gasteiger partial charge in [-0.15, -0.1) is 0 Å². The zero-order valence-electron chi connectivity index (χ0n) is 26.1. The largest absolute Gasteiger partial charge is 0.508 e. The third-order valence-corrected chi connectivity index (χ3v) is 7.23. The summed E-state index contributed by atoms with van der Waals surface area (Å²) in [5.74, 6) is 0.889. The summed E-state index contributed by atoms with van der Waals surface area (Å²) in [4.78, 5) is 42.9. The molecule has 3 N–H and O–H groups in total. The van der Waals surface area contributed by atoms with Crippen molar-refractivity contribution in [3.63, 3.8) is 0 Å². The molecule has 0 saturated heterocycles. The van der Waals surface area contributed by atoms with Gasteiger partial charge in [0.1, 0.15) is 29.2 Å². The first-order valence-corrected chi connectivity index (χ1v) is 15.7. The Labute approximate surface area is 254 Å². The number of carbonyl (C=O) groups is 3. The van der Waals surface area contributed by atoms with E-state index in [4.69, 9.17) is 9.47 Å². The van der Waals surface area contributed by atoms with Crippen molar-refractivity contribution in [1.82, 2.24) is 10.2 Å². The van der Waals surface area contributed by atoms with Gasteiger partial charge in [0, 0.05) is 11.7 Å². The number of rotatable bonds is 14. The molecule has 3 atom stereocenters. The van der Waals surface area contributed by atoms with Crippen molar-refractivity contribution in [2.45, 2.75) is 84.5 Å². The second-order valence-corrected chi connectivity index (χ2v) is 12.7. The van der Waals surface area contributed by atoms with E-state index >= 15 is 0 Å². The fraction of sp³-hybridized carbons (Fsp3) is 0.531. The van der Waals surface area contributed by atoms with Crippen LogP contribution in [0.5, 0.6) is 11.5 Å².